The van der Waals surface area contributed by atoms with Crippen LogP contribution in [-0.2, 0) is 6.42 Å². The molecule has 174 valence electrons. The molecule has 1 fully saturated rings. The number of fused-ring (bicyclic) bond motifs is 1. The van der Waals surface area contributed by atoms with Crippen LogP contribution in [0.4, 0.5) is 15.8 Å². The zero-order valence-corrected chi connectivity index (χ0v) is 19.0. The van der Waals surface area contributed by atoms with Crippen molar-refractivity contribution in [1.29, 1.82) is 0 Å². The molecule has 0 saturated carbocycles. The van der Waals surface area contributed by atoms with Gasteiger partial charge >= 0.3 is 0 Å². The van der Waals surface area contributed by atoms with Gasteiger partial charge in [-0.2, -0.15) is 5.10 Å². The van der Waals surface area contributed by atoms with Crippen molar-refractivity contribution in [3.8, 4) is 11.3 Å². The number of likely N-dealkylation sites (N-methyl/N-ethyl adjacent to an activating group) is 1. The van der Waals surface area contributed by atoms with E-state index in [9.17, 15) is 9.18 Å². The second kappa shape index (κ2) is 8.79. The lowest BCUT2D eigenvalue weighted by molar-refractivity contribution is 0.100. The Morgan fingerprint density at radius 2 is 1.82 bits per heavy atom. The van der Waals surface area contributed by atoms with Crippen molar-refractivity contribution < 1.29 is 9.18 Å². The third-order valence-electron chi connectivity index (χ3n) is 6.49. The van der Waals surface area contributed by atoms with Gasteiger partial charge in [-0.15, -0.1) is 0 Å². The summed E-state index contributed by atoms with van der Waals surface area (Å²) in [6.45, 7) is 3.53. The van der Waals surface area contributed by atoms with Crippen molar-refractivity contribution in [2.24, 2.45) is 5.73 Å². The summed E-state index contributed by atoms with van der Waals surface area (Å²) < 4.78 is 13.7. The monoisotopic (exact) mass is 458 g/mol. The smallest absolute Gasteiger partial charge is 0.250 e. The van der Waals surface area contributed by atoms with Gasteiger partial charge in [0.2, 0.25) is 0 Å². The molecule has 0 aliphatic carbocycles. The van der Waals surface area contributed by atoms with Crippen LogP contribution in [0, 0.1) is 5.82 Å². The van der Waals surface area contributed by atoms with Gasteiger partial charge in [0, 0.05) is 42.8 Å². The molecule has 7 nitrogen and oxygen atoms in total. The summed E-state index contributed by atoms with van der Waals surface area (Å²) in [4.78, 5) is 16.6. The highest BCUT2D eigenvalue weighted by Crippen LogP contribution is 2.40. The highest BCUT2D eigenvalue weighted by Gasteiger charge is 2.25. The average Bonchev–Trinajstić information content (AvgIpc) is 3.22. The first-order valence-electron chi connectivity index (χ1n) is 11.3. The van der Waals surface area contributed by atoms with E-state index in [1.54, 1.807) is 18.2 Å². The summed E-state index contributed by atoms with van der Waals surface area (Å²) in [5.74, 6) is -0.828. The molecule has 8 heteroatoms. The van der Waals surface area contributed by atoms with E-state index in [2.05, 4.69) is 27.0 Å². The van der Waals surface area contributed by atoms with E-state index >= 15 is 0 Å². The molecule has 0 atom stereocenters. The molecule has 1 aliphatic heterocycles. The van der Waals surface area contributed by atoms with Crippen molar-refractivity contribution in [1.82, 2.24) is 15.1 Å². The number of piperazine rings is 1. The summed E-state index contributed by atoms with van der Waals surface area (Å²) in [7, 11) is 2.10. The van der Waals surface area contributed by atoms with Crippen LogP contribution in [0.3, 0.4) is 0 Å². The minimum absolute atomic E-state index is 0.254. The standard InChI is InChI=1S/C26H27FN6O/c1-32-9-11-33(12-10-32)22-8-6-19(26(29)34)24(28)23(22)25-20-15-17(5-7-21(20)30-31-25)13-16-3-2-4-18(27)14-16/h2-8,14-15H,9-13,28H2,1H3,(H2,29,34)(H,30,31). The lowest BCUT2D eigenvalue weighted by Crippen LogP contribution is -2.44. The predicted molar refractivity (Wildman–Crippen MR) is 133 cm³/mol. The van der Waals surface area contributed by atoms with Gasteiger partial charge in [0.15, 0.2) is 0 Å². The number of H-pyrrole nitrogens is 1. The Morgan fingerprint density at radius 3 is 2.56 bits per heavy atom. The average molecular weight is 459 g/mol. The molecular formula is C26H27FN6O. The first kappa shape index (κ1) is 21.9. The molecule has 5 N–H and O–H groups in total. The van der Waals surface area contributed by atoms with Crippen molar-refractivity contribution in [2.45, 2.75) is 6.42 Å². The molecule has 0 radical (unpaired) electrons. The minimum Gasteiger partial charge on any atom is -0.397 e. The Kier molecular flexibility index (Phi) is 5.67. The maximum atomic E-state index is 13.7. The van der Waals surface area contributed by atoms with E-state index in [1.807, 2.05) is 30.3 Å². The molecule has 5 rings (SSSR count). The highest BCUT2D eigenvalue weighted by atomic mass is 19.1. The number of carbonyl (C=O) groups is 1. The molecule has 1 aromatic heterocycles. The topological polar surface area (TPSA) is 104 Å². The maximum absolute atomic E-state index is 13.7. The van der Waals surface area contributed by atoms with Crippen LogP contribution in [0.25, 0.3) is 22.2 Å². The molecule has 0 unspecified atom stereocenters. The van der Waals surface area contributed by atoms with Crippen LogP contribution in [0.2, 0.25) is 0 Å². The third-order valence-corrected chi connectivity index (χ3v) is 6.49. The third kappa shape index (κ3) is 4.08. The van der Waals surface area contributed by atoms with Crippen LogP contribution in [0.1, 0.15) is 21.5 Å². The molecule has 1 amide bonds. The molecule has 0 spiro atoms. The molecule has 3 aromatic carbocycles. The fourth-order valence-electron chi connectivity index (χ4n) is 4.63. The lowest BCUT2D eigenvalue weighted by Gasteiger charge is -2.35. The van der Waals surface area contributed by atoms with E-state index < -0.39 is 5.91 Å². The number of halogens is 1. The Balaban J connectivity index is 1.63. The van der Waals surface area contributed by atoms with Crippen LogP contribution in [-0.4, -0.2) is 54.2 Å². The Labute approximate surface area is 197 Å². The van der Waals surface area contributed by atoms with Crippen molar-refractivity contribution in [2.75, 3.05) is 43.9 Å². The molecule has 2 heterocycles. The lowest BCUT2D eigenvalue weighted by atomic mass is 9.96. The van der Waals surface area contributed by atoms with Gasteiger partial charge in [0.1, 0.15) is 11.5 Å². The molecule has 4 aromatic rings. The van der Waals surface area contributed by atoms with E-state index in [-0.39, 0.29) is 11.4 Å². The predicted octanol–water partition coefficient (Wildman–Crippen LogP) is 3.39. The highest BCUT2D eigenvalue weighted by molar-refractivity contribution is 6.07. The Bertz CT molecular complexity index is 1370. The zero-order valence-electron chi connectivity index (χ0n) is 19.0. The summed E-state index contributed by atoms with van der Waals surface area (Å²) in [5.41, 5.74) is 17.8. The summed E-state index contributed by atoms with van der Waals surface area (Å²) in [5, 5.41) is 8.58. The number of nitrogens with zero attached hydrogens (tertiary/aromatic N) is 3. The van der Waals surface area contributed by atoms with E-state index in [4.69, 9.17) is 11.5 Å². The fourth-order valence-corrected chi connectivity index (χ4v) is 4.63. The molecule has 1 saturated heterocycles. The Hall–Kier alpha value is -3.91. The van der Waals surface area contributed by atoms with Gasteiger partial charge in [-0.05, 0) is 61.0 Å². The number of nitrogens with one attached hydrogen (secondary N) is 1. The van der Waals surface area contributed by atoms with Crippen LogP contribution in [0.5, 0.6) is 0 Å². The Morgan fingerprint density at radius 1 is 1.06 bits per heavy atom. The number of amides is 1. The van der Waals surface area contributed by atoms with Gasteiger partial charge in [-0.25, -0.2) is 4.39 Å². The van der Waals surface area contributed by atoms with E-state index in [0.29, 0.717) is 23.4 Å². The molecule has 1 aliphatic rings. The number of hydrogen-bond acceptors (Lipinski definition) is 5. The van der Waals surface area contributed by atoms with Crippen molar-refractivity contribution in [3.05, 3.63) is 77.1 Å². The molecule has 34 heavy (non-hydrogen) atoms. The summed E-state index contributed by atoms with van der Waals surface area (Å²) in [6, 6.07) is 16.2. The van der Waals surface area contributed by atoms with Crippen LogP contribution < -0.4 is 16.4 Å². The van der Waals surface area contributed by atoms with Gasteiger partial charge in [-0.1, -0.05) is 18.2 Å². The minimum atomic E-state index is -0.574. The van der Waals surface area contributed by atoms with Gasteiger partial charge in [0.25, 0.3) is 5.91 Å². The van der Waals surface area contributed by atoms with Gasteiger partial charge < -0.3 is 21.3 Å². The number of aromatic amines is 1. The first-order valence-corrected chi connectivity index (χ1v) is 11.3. The first-order chi connectivity index (χ1) is 16.4. The number of rotatable bonds is 5. The number of anilines is 2. The summed E-state index contributed by atoms with van der Waals surface area (Å²) in [6.07, 6.45) is 0.584. The van der Waals surface area contributed by atoms with E-state index in [0.717, 1.165) is 53.9 Å². The normalized spacial score (nSPS) is 14.6. The number of benzene rings is 3. The fraction of sp³-hybridized carbons (Fsp3) is 0.231. The molecular weight excluding hydrogens is 431 g/mol. The van der Waals surface area contributed by atoms with Crippen molar-refractivity contribution >= 4 is 28.2 Å². The number of nitrogen functional groups attached to an aromatic ring is 1. The number of carbonyl (C=O) groups excluding carboxylic acids is 1. The van der Waals surface area contributed by atoms with Crippen LogP contribution >= 0.6 is 0 Å². The second-order valence-electron chi connectivity index (χ2n) is 8.83. The summed E-state index contributed by atoms with van der Waals surface area (Å²) >= 11 is 0. The number of aromatic nitrogens is 2. The number of hydrogen-bond donors (Lipinski definition) is 3. The van der Waals surface area contributed by atoms with E-state index in [1.165, 1.54) is 6.07 Å². The maximum Gasteiger partial charge on any atom is 0.250 e. The zero-order chi connectivity index (χ0) is 23.8. The quantitative estimate of drug-likeness (QED) is 0.398. The van der Waals surface area contributed by atoms with Crippen LogP contribution in [0.15, 0.2) is 54.6 Å². The van der Waals surface area contributed by atoms with Gasteiger partial charge in [-0.3, -0.25) is 9.89 Å². The number of primary amides is 1. The van der Waals surface area contributed by atoms with Gasteiger partial charge in [0.05, 0.1) is 16.8 Å². The second-order valence-corrected chi connectivity index (χ2v) is 8.83. The SMILES string of the molecule is CN1CCN(c2ccc(C(N)=O)c(N)c2-c2n[nH]c3ccc(Cc4cccc(F)c4)cc23)CC1. The number of nitrogens with two attached hydrogens (primary N) is 2. The largest absolute Gasteiger partial charge is 0.397 e. The van der Waals surface area contributed by atoms with Crippen molar-refractivity contribution in [3.63, 3.8) is 0 Å². The molecule has 0 bridgehead atoms.